The zero-order valence-corrected chi connectivity index (χ0v) is 22.8. The summed E-state index contributed by atoms with van der Waals surface area (Å²) in [5.74, 6) is -2.09. The number of rotatable bonds is 7. The number of sulfone groups is 1. The van der Waals surface area contributed by atoms with Gasteiger partial charge in [-0.1, -0.05) is 23.2 Å². The second-order valence-corrected chi connectivity index (χ2v) is 11.6. The van der Waals surface area contributed by atoms with E-state index in [9.17, 15) is 33.3 Å². The first-order chi connectivity index (χ1) is 18.8. The van der Waals surface area contributed by atoms with Crippen LogP contribution in [0.3, 0.4) is 0 Å². The van der Waals surface area contributed by atoms with Gasteiger partial charge in [-0.2, -0.15) is 0 Å². The number of amides is 1. The molecule has 1 aliphatic heterocycles. The molecule has 3 aromatic rings. The highest BCUT2D eigenvalue weighted by Crippen LogP contribution is 2.32. The summed E-state index contributed by atoms with van der Waals surface area (Å²) in [6.45, 7) is 0. The van der Waals surface area contributed by atoms with E-state index in [1.165, 1.54) is 42.6 Å². The van der Waals surface area contributed by atoms with Gasteiger partial charge in [-0.05, 0) is 48.5 Å². The van der Waals surface area contributed by atoms with Crippen molar-refractivity contribution in [2.45, 2.75) is 35.6 Å². The predicted molar refractivity (Wildman–Crippen MR) is 142 cm³/mol. The number of hydrogen-bond acceptors (Lipinski definition) is 10. The number of anilines is 1. The van der Waals surface area contributed by atoms with Crippen molar-refractivity contribution in [3.63, 3.8) is 0 Å². The molecule has 0 bridgehead atoms. The molecule has 4 rings (SSSR count). The lowest BCUT2D eigenvalue weighted by molar-refractivity contribution is -0.271. The van der Waals surface area contributed by atoms with Crippen molar-refractivity contribution in [3.05, 3.63) is 70.3 Å². The Morgan fingerprint density at radius 2 is 1.70 bits per heavy atom. The maximum Gasteiger partial charge on any atom is 0.335 e. The number of carboxylic acids is 1. The number of pyridine rings is 1. The second kappa shape index (κ2) is 11.7. The number of ether oxygens (including phenoxy) is 2. The van der Waals surface area contributed by atoms with Gasteiger partial charge in [-0.15, -0.1) is 0 Å². The van der Waals surface area contributed by atoms with E-state index in [0.717, 1.165) is 6.26 Å². The van der Waals surface area contributed by atoms with Gasteiger partial charge in [0.2, 0.25) is 6.29 Å². The number of halogens is 2. The summed E-state index contributed by atoms with van der Waals surface area (Å²) in [6.07, 6.45) is -6.58. The molecule has 1 saturated heterocycles. The number of carboxylic acid groups (broad SMARTS) is 1. The smallest absolute Gasteiger partial charge is 0.335 e. The van der Waals surface area contributed by atoms with Crippen molar-refractivity contribution >= 4 is 50.6 Å². The van der Waals surface area contributed by atoms with Gasteiger partial charge in [0, 0.05) is 17.5 Å². The van der Waals surface area contributed by atoms with E-state index in [1.807, 2.05) is 0 Å². The maximum absolute atomic E-state index is 12.8. The molecule has 2 heterocycles. The fourth-order valence-corrected chi connectivity index (χ4v) is 4.99. The molecule has 5 atom stereocenters. The molecule has 5 N–H and O–H groups in total. The standard InChI is InChI=1S/C25H22Cl2N2O10S/c1-40(36,37)13-4-5-14(17(27)9-13)23(33)29-11-2-6-16(26)15(8-11)18-7-3-12(10-28-18)38-25-21(32)19(30)20(31)22(39-25)24(34)35/h2-10,19-22,25,30-32H,1H3,(H,29,33)(H,34,35)/t19-,20-,21+,22-,25+/m0/s1. The van der Waals surface area contributed by atoms with E-state index >= 15 is 0 Å². The van der Waals surface area contributed by atoms with Gasteiger partial charge in [-0.3, -0.25) is 9.78 Å². The maximum atomic E-state index is 12.8. The molecule has 1 aromatic heterocycles. The van der Waals surface area contributed by atoms with Gasteiger partial charge < -0.3 is 35.2 Å². The fraction of sp³-hybridized carbons (Fsp3) is 0.240. The monoisotopic (exact) mass is 612 g/mol. The third-order valence-corrected chi connectivity index (χ3v) is 7.67. The van der Waals surface area contributed by atoms with Crippen molar-refractivity contribution in [1.82, 2.24) is 4.98 Å². The SMILES string of the molecule is CS(=O)(=O)c1ccc(C(=O)Nc2ccc(Cl)c(-c3ccc(O[C@@H]4O[C@H](C(=O)O)[C@@H](O)[C@H](O)[C@H]4O)cn3)c2)c(Cl)c1. The van der Waals surface area contributed by atoms with Gasteiger partial charge in [0.25, 0.3) is 5.91 Å². The van der Waals surface area contributed by atoms with Crippen molar-refractivity contribution in [3.8, 4) is 17.0 Å². The Morgan fingerprint density at radius 1 is 0.975 bits per heavy atom. The number of aliphatic hydroxyl groups excluding tert-OH is 3. The number of aliphatic carboxylic acids is 1. The lowest BCUT2D eigenvalue weighted by atomic mass is 9.99. The van der Waals surface area contributed by atoms with E-state index in [4.69, 9.17) is 37.8 Å². The summed E-state index contributed by atoms with van der Waals surface area (Å²) in [5.41, 5.74) is 1.16. The summed E-state index contributed by atoms with van der Waals surface area (Å²) in [4.78, 5) is 28.3. The molecular formula is C25H22Cl2N2O10S. The molecule has 1 aliphatic rings. The summed E-state index contributed by atoms with van der Waals surface area (Å²) in [6, 6.07) is 11.3. The average molecular weight is 613 g/mol. The van der Waals surface area contributed by atoms with E-state index in [-0.39, 0.29) is 21.2 Å². The van der Waals surface area contributed by atoms with Crippen LogP contribution in [0.4, 0.5) is 5.69 Å². The lowest BCUT2D eigenvalue weighted by Crippen LogP contribution is -2.61. The molecule has 1 amide bonds. The molecule has 212 valence electrons. The molecule has 40 heavy (non-hydrogen) atoms. The molecule has 0 saturated carbocycles. The van der Waals surface area contributed by atoms with Crippen LogP contribution in [0.2, 0.25) is 10.0 Å². The molecule has 2 aromatic carbocycles. The van der Waals surface area contributed by atoms with Crippen molar-refractivity contribution in [2.24, 2.45) is 0 Å². The van der Waals surface area contributed by atoms with Crippen LogP contribution in [0.25, 0.3) is 11.3 Å². The molecular weight excluding hydrogens is 591 g/mol. The largest absolute Gasteiger partial charge is 0.479 e. The van der Waals surface area contributed by atoms with Crippen LogP contribution in [-0.4, -0.2) is 82.7 Å². The normalized spacial score (nSPS) is 22.9. The predicted octanol–water partition coefficient (Wildman–Crippen LogP) is 1.98. The Kier molecular flexibility index (Phi) is 8.66. The van der Waals surface area contributed by atoms with Crippen LogP contribution < -0.4 is 10.1 Å². The Bertz CT molecular complexity index is 1550. The van der Waals surface area contributed by atoms with Gasteiger partial charge in [0.05, 0.1) is 32.4 Å². The number of nitrogens with one attached hydrogen (secondary N) is 1. The molecule has 0 aliphatic carbocycles. The van der Waals surface area contributed by atoms with Gasteiger partial charge in [0.15, 0.2) is 15.9 Å². The van der Waals surface area contributed by atoms with Crippen LogP contribution in [0.5, 0.6) is 5.75 Å². The molecule has 0 spiro atoms. The topological polar surface area (TPSA) is 193 Å². The zero-order chi connectivity index (χ0) is 29.4. The summed E-state index contributed by atoms with van der Waals surface area (Å²) < 4.78 is 34.0. The quantitative estimate of drug-likeness (QED) is 0.262. The highest BCUT2D eigenvalue weighted by atomic mass is 35.5. The number of hydrogen-bond donors (Lipinski definition) is 5. The van der Waals surface area contributed by atoms with Gasteiger partial charge in [0.1, 0.15) is 24.1 Å². The first kappa shape index (κ1) is 29.7. The van der Waals surface area contributed by atoms with E-state index in [1.54, 1.807) is 12.1 Å². The molecule has 0 unspecified atom stereocenters. The first-order valence-electron chi connectivity index (χ1n) is 11.4. The summed E-state index contributed by atoms with van der Waals surface area (Å²) in [7, 11) is -3.50. The Hall–Kier alpha value is -3.30. The summed E-state index contributed by atoms with van der Waals surface area (Å²) >= 11 is 12.5. The Morgan fingerprint density at radius 3 is 2.30 bits per heavy atom. The number of aromatic nitrogens is 1. The number of carbonyl (C=O) groups excluding carboxylic acids is 1. The first-order valence-corrected chi connectivity index (χ1v) is 14.1. The third-order valence-electron chi connectivity index (χ3n) is 5.92. The second-order valence-electron chi connectivity index (χ2n) is 8.79. The number of aliphatic hydroxyl groups is 3. The minimum Gasteiger partial charge on any atom is -0.479 e. The lowest BCUT2D eigenvalue weighted by Gasteiger charge is -2.38. The van der Waals surface area contributed by atoms with E-state index in [0.29, 0.717) is 22.0 Å². The van der Waals surface area contributed by atoms with Gasteiger partial charge in [-0.25, -0.2) is 13.2 Å². The Labute approximate surface area is 237 Å². The molecule has 12 nitrogen and oxygen atoms in total. The number of benzene rings is 2. The fourth-order valence-electron chi connectivity index (χ4n) is 3.80. The van der Waals surface area contributed by atoms with Crippen LogP contribution in [0.1, 0.15) is 10.4 Å². The van der Waals surface area contributed by atoms with Crippen molar-refractivity contribution in [2.75, 3.05) is 11.6 Å². The number of nitrogens with zero attached hydrogens (tertiary/aromatic N) is 1. The van der Waals surface area contributed by atoms with E-state index in [2.05, 4.69) is 10.3 Å². The highest BCUT2D eigenvalue weighted by Gasteiger charge is 2.48. The van der Waals surface area contributed by atoms with Crippen molar-refractivity contribution < 1.29 is 47.9 Å². The average Bonchev–Trinajstić information content (AvgIpc) is 2.89. The van der Waals surface area contributed by atoms with Crippen LogP contribution >= 0.6 is 23.2 Å². The molecule has 15 heteroatoms. The number of carbonyl (C=O) groups is 2. The summed E-state index contributed by atoms with van der Waals surface area (Å²) in [5, 5.41) is 41.9. The van der Waals surface area contributed by atoms with Crippen LogP contribution in [0, 0.1) is 0 Å². The molecule has 0 radical (unpaired) electrons. The van der Waals surface area contributed by atoms with E-state index < -0.39 is 52.4 Å². The zero-order valence-electron chi connectivity index (χ0n) is 20.4. The minimum absolute atomic E-state index is 0.0265. The highest BCUT2D eigenvalue weighted by molar-refractivity contribution is 7.90. The van der Waals surface area contributed by atoms with Crippen LogP contribution in [0.15, 0.2) is 59.6 Å². The minimum atomic E-state index is -3.50. The van der Waals surface area contributed by atoms with Crippen molar-refractivity contribution in [1.29, 1.82) is 0 Å². The van der Waals surface area contributed by atoms with Crippen LogP contribution in [-0.2, 0) is 19.4 Å². The molecule has 1 fully saturated rings. The Balaban J connectivity index is 1.50. The third kappa shape index (κ3) is 6.36. The van der Waals surface area contributed by atoms with Gasteiger partial charge >= 0.3 is 5.97 Å².